The third-order valence-corrected chi connectivity index (χ3v) is 7.24. The summed E-state index contributed by atoms with van der Waals surface area (Å²) in [5.74, 6) is 0.150. The van der Waals surface area contributed by atoms with E-state index in [1.54, 1.807) is 6.07 Å². The number of anilines is 1. The SMILES string of the molecule is CC(C(=O)NC1CC1)N1CCN(S(=O)(=O)c2ccc3c(c2)NC(=O)CO3)CC1. The zero-order chi connectivity index (χ0) is 19.9. The molecule has 152 valence electrons. The van der Waals surface area contributed by atoms with Crippen molar-refractivity contribution in [2.75, 3.05) is 38.1 Å². The molecule has 1 aromatic rings. The smallest absolute Gasteiger partial charge is 0.262 e. The summed E-state index contributed by atoms with van der Waals surface area (Å²) in [5, 5.41) is 5.62. The Morgan fingerprint density at radius 1 is 1.25 bits per heavy atom. The van der Waals surface area contributed by atoms with Crippen LogP contribution in [-0.2, 0) is 19.6 Å². The molecule has 1 aromatic carbocycles. The van der Waals surface area contributed by atoms with E-state index in [-0.39, 0.29) is 29.4 Å². The number of amides is 2. The lowest BCUT2D eigenvalue weighted by Gasteiger charge is -2.36. The number of rotatable bonds is 5. The van der Waals surface area contributed by atoms with Crippen molar-refractivity contribution in [3.63, 3.8) is 0 Å². The first-order valence-electron chi connectivity index (χ1n) is 9.46. The third-order valence-electron chi connectivity index (χ3n) is 5.35. The lowest BCUT2D eigenvalue weighted by molar-refractivity contribution is -0.126. The van der Waals surface area contributed by atoms with Crippen LogP contribution in [0.15, 0.2) is 23.1 Å². The highest BCUT2D eigenvalue weighted by Gasteiger charge is 2.34. The van der Waals surface area contributed by atoms with Crippen molar-refractivity contribution in [1.82, 2.24) is 14.5 Å². The van der Waals surface area contributed by atoms with Crippen molar-refractivity contribution >= 4 is 27.5 Å². The molecular formula is C18H24N4O5S. The number of piperazine rings is 1. The fraction of sp³-hybridized carbons (Fsp3) is 0.556. The summed E-state index contributed by atoms with van der Waals surface area (Å²) in [4.78, 5) is 25.8. The molecule has 2 N–H and O–H groups in total. The van der Waals surface area contributed by atoms with Crippen LogP contribution < -0.4 is 15.4 Å². The quantitative estimate of drug-likeness (QED) is 0.710. The Hall–Kier alpha value is -2.17. The second-order valence-corrected chi connectivity index (χ2v) is 9.33. The molecule has 2 aliphatic heterocycles. The van der Waals surface area contributed by atoms with E-state index in [1.807, 2.05) is 11.8 Å². The van der Waals surface area contributed by atoms with Crippen LogP contribution in [0.4, 0.5) is 5.69 Å². The summed E-state index contributed by atoms with van der Waals surface area (Å²) in [6, 6.07) is 4.51. The molecule has 2 heterocycles. The Kier molecular flexibility index (Phi) is 5.02. The van der Waals surface area contributed by atoms with Crippen LogP contribution in [0.25, 0.3) is 0 Å². The number of fused-ring (bicyclic) bond motifs is 1. The number of carbonyl (C=O) groups is 2. The van der Waals surface area contributed by atoms with Gasteiger partial charge in [-0.1, -0.05) is 0 Å². The highest BCUT2D eigenvalue weighted by Crippen LogP contribution is 2.31. The van der Waals surface area contributed by atoms with Crippen molar-refractivity contribution in [3.05, 3.63) is 18.2 Å². The molecule has 9 nitrogen and oxygen atoms in total. The molecule has 0 bridgehead atoms. The lowest BCUT2D eigenvalue weighted by atomic mass is 10.2. The number of hydrogen-bond donors (Lipinski definition) is 2. The number of nitrogens with one attached hydrogen (secondary N) is 2. The molecule has 1 saturated carbocycles. The molecule has 3 aliphatic rings. The van der Waals surface area contributed by atoms with Crippen LogP contribution >= 0.6 is 0 Å². The highest BCUT2D eigenvalue weighted by atomic mass is 32.2. The van der Waals surface area contributed by atoms with Gasteiger partial charge < -0.3 is 15.4 Å². The molecule has 1 unspecified atom stereocenters. The zero-order valence-corrected chi connectivity index (χ0v) is 16.5. The predicted octanol–water partition coefficient (Wildman–Crippen LogP) is -0.00910. The summed E-state index contributed by atoms with van der Waals surface area (Å²) in [7, 11) is -3.69. The van der Waals surface area contributed by atoms with Gasteiger partial charge in [0, 0.05) is 32.2 Å². The molecule has 0 spiro atoms. The Morgan fingerprint density at radius 2 is 1.96 bits per heavy atom. The van der Waals surface area contributed by atoms with Crippen LogP contribution in [0.2, 0.25) is 0 Å². The van der Waals surface area contributed by atoms with Gasteiger partial charge in [-0.05, 0) is 38.0 Å². The molecule has 2 amide bonds. The first kappa shape index (κ1) is 19.2. The molecule has 1 aliphatic carbocycles. The van der Waals surface area contributed by atoms with Crippen molar-refractivity contribution in [2.24, 2.45) is 0 Å². The van der Waals surface area contributed by atoms with Crippen LogP contribution in [-0.4, -0.2) is 74.3 Å². The van der Waals surface area contributed by atoms with Crippen molar-refractivity contribution < 1.29 is 22.7 Å². The van der Waals surface area contributed by atoms with E-state index in [4.69, 9.17) is 4.74 Å². The predicted molar refractivity (Wildman–Crippen MR) is 102 cm³/mol. The summed E-state index contributed by atoms with van der Waals surface area (Å²) in [5.41, 5.74) is 0.362. The normalized spacial score (nSPS) is 22.0. The summed E-state index contributed by atoms with van der Waals surface area (Å²) in [6.07, 6.45) is 2.08. The lowest BCUT2D eigenvalue weighted by Crippen LogP contribution is -2.55. The third kappa shape index (κ3) is 3.85. The maximum Gasteiger partial charge on any atom is 0.262 e. The summed E-state index contributed by atoms with van der Waals surface area (Å²) >= 11 is 0. The van der Waals surface area contributed by atoms with E-state index >= 15 is 0 Å². The molecule has 2 fully saturated rings. The minimum Gasteiger partial charge on any atom is -0.482 e. The maximum atomic E-state index is 13.0. The van der Waals surface area contributed by atoms with Crippen molar-refractivity contribution in [1.29, 1.82) is 0 Å². The minimum atomic E-state index is -3.69. The van der Waals surface area contributed by atoms with Crippen LogP contribution in [0.5, 0.6) is 5.75 Å². The van der Waals surface area contributed by atoms with Crippen molar-refractivity contribution in [2.45, 2.75) is 36.7 Å². The number of carbonyl (C=O) groups excluding carboxylic acids is 2. The topological polar surface area (TPSA) is 108 Å². The first-order valence-corrected chi connectivity index (χ1v) is 10.9. The minimum absolute atomic E-state index is 0.00392. The Balaban J connectivity index is 1.41. The maximum absolute atomic E-state index is 13.0. The Morgan fingerprint density at radius 3 is 2.64 bits per heavy atom. The van der Waals surface area contributed by atoms with E-state index in [1.165, 1.54) is 16.4 Å². The second kappa shape index (κ2) is 7.34. The monoisotopic (exact) mass is 408 g/mol. The van der Waals surface area contributed by atoms with Gasteiger partial charge >= 0.3 is 0 Å². The summed E-state index contributed by atoms with van der Waals surface area (Å²) in [6.45, 7) is 3.38. The van der Waals surface area contributed by atoms with Gasteiger partial charge in [0.25, 0.3) is 5.91 Å². The molecule has 10 heteroatoms. The van der Waals surface area contributed by atoms with E-state index in [0.717, 1.165) is 12.8 Å². The van der Waals surface area contributed by atoms with E-state index in [9.17, 15) is 18.0 Å². The molecule has 1 saturated heterocycles. The molecule has 28 heavy (non-hydrogen) atoms. The van der Waals surface area contributed by atoms with Gasteiger partial charge in [-0.3, -0.25) is 14.5 Å². The summed E-state index contributed by atoms with van der Waals surface area (Å²) < 4.78 is 32.7. The molecule has 1 atom stereocenters. The average Bonchev–Trinajstić information content (AvgIpc) is 3.50. The van der Waals surface area contributed by atoms with Gasteiger partial charge in [0.15, 0.2) is 6.61 Å². The van der Waals surface area contributed by atoms with Crippen LogP contribution in [0.3, 0.4) is 0 Å². The number of hydrogen-bond acceptors (Lipinski definition) is 6. The fourth-order valence-corrected chi connectivity index (χ4v) is 4.87. The van der Waals surface area contributed by atoms with E-state index < -0.39 is 10.0 Å². The van der Waals surface area contributed by atoms with E-state index in [0.29, 0.717) is 43.7 Å². The van der Waals surface area contributed by atoms with Gasteiger partial charge in [-0.25, -0.2) is 8.42 Å². The van der Waals surface area contributed by atoms with Gasteiger partial charge in [-0.2, -0.15) is 4.31 Å². The number of nitrogens with zero attached hydrogens (tertiary/aromatic N) is 2. The van der Waals surface area contributed by atoms with Crippen LogP contribution in [0, 0.1) is 0 Å². The van der Waals surface area contributed by atoms with Gasteiger partial charge in [0.2, 0.25) is 15.9 Å². The molecule has 0 radical (unpaired) electrons. The number of benzene rings is 1. The Labute approximate surface area is 164 Å². The van der Waals surface area contributed by atoms with Crippen LogP contribution in [0.1, 0.15) is 19.8 Å². The van der Waals surface area contributed by atoms with Gasteiger partial charge in [0.1, 0.15) is 5.75 Å². The van der Waals surface area contributed by atoms with Gasteiger partial charge in [0.05, 0.1) is 16.6 Å². The molecular weight excluding hydrogens is 384 g/mol. The van der Waals surface area contributed by atoms with E-state index in [2.05, 4.69) is 10.6 Å². The first-order chi connectivity index (χ1) is 13.3. The van der Waals surface area contributed by atoms with Crippen molar-refractivity contribution in [3.8, 4) is 5.75 Å². The standard InChI is InChI=1S/C18H24N4O5S/c1-12(18(24)19-13-2-3-13)21-6-8-22(9-7-21)28(25,26)14-4-5-16-15(10-14)20-17(23)11-27-16/h4-5,10,12-13H,2-3,6-9,11H2,1H3,(H,19,24)(H,20,23). The fourth-order valence-electron chi connectivity index (χ4n) is 3.42. The Bertz CT molecular complexity index is 891. The number of sulfonamides is 1. The van der Waals surface area contributed by atoms with Gasteiger partial charge in [-0.15, -0.1) is 0 Å². The molecule has 0 aromatic heterocycles. The average molecular weight is 408 g/mol. The zero-order valence-electron chi connectivity index (χ0n) is 15.7. The number of ether oxygens (including phenoxy) is 1. The largest absolute Gasteiger partial charge is 0.482 e. The highest BCUT2D eigenvalue weighted by molar-refractivity contribution is 7.89. The molecule has 4 rings (SSSR count). The second-order valence-electron chi connectivity index (χ2n) is 7.39.